The predicted molar refractivity (Wildman–Crippen MR) is 95.2 cm³/mol. The average molecular weight is 368 g/mol. The van der Waals surface area contributed by atoms with Crippen molar-refractivity contribution >= 4 is 22.6 Å². The molecule has 0 bridgehead atoms. The molecule has 0 radical (unpaired) electrons. The number of esters is 1. The Hall–Kier alpha value is -3.39. The number of nitrogens with one attached hydrogen (secondary N) is 1. The average Bonchev–Trinajstić information content (AvgIpc) is 3.08. The number of carbonyl (C=O) groups is 1. The fourth-order valence-electron chi connectivity index (χ4n) is 3.14. The van der Waals surface area contributed by atoms with E-state index in [4.69, 9.17) is 14.2 Å². The van der Waals surface area contributed by atoms with E-state index in [1.807, 2.05) is 24.3 Å². The van der Waals surface area contributed by atoms with Crippen molar-refractivity contribution in [2.45, 2.75) is 19.6 Å². The topological polar surface area (TPSA) is 104 Å². The van der Waals surface area contributed by atoms with Gasteiger partial charge in [-0.2, -0.15) is 0 Å². The molecule has 2 aromatic carbocycles. The summed E-state index contributed by atoms with van der Waals surface area (Å²) in [6.45, 7) is 0.166. The number of nitro groups is 1. The number of hydrogen-bond acceptors (Lipinski definition) is 6. The maximum absolute atomic E-state index is 12.3. The number of rotatable bonds is 5. The molecule has 1 aromatic heterocycles. The van der Waals surface area contributed by atoms with Crippen LogP contribution in [0, 0.1) is 10.1 Å². The van der Waals surface area contributed by atoms with E-state index in [9.17, 15) is 14.9 Å². The summed E-state index contributed by atoms with van der Waals surface area (Å²) in [6, 6.07) is 10.4. The lowest BCUT2D eigenvalue weighted by Crippen LogP contribution is -2.15. The number of carbonyl (C=O) groups excluding carboxylic acids is 1. The van der Waals surface area contributed by atoms with Crippen LogP contribution in [0.25, 0.3) is 10.9 Å². The second kappa shape index (κ2) is 7.08. The van der Waals surface area contributed by atoms with Crippen LogP contribution >= 0.6 is 0 Å². The maximum Gasteiger partial charge on any atom is 0.310 e. The van der Waals surface area contributed by atoms with Crippen LogP contribution in [0.3, 0.4) is 0 Å². The highest BCUT2D eigenvalue weighted by Gasteiger charge is 2.22. The van der Waals surface area contributed by atoms with Crippen LogP contribution in [0.5, 0.6) is 5.75 Å². The Kier molecular flexibility index (Phi) is 4.47. The highest BCUT2D eigenvalue weighted by atomic mass is 16.7. The van der Waals surface area contributed by atoms with E-state index in [0.29, 0.717) is 16.9 Å². The van der Waals surface area contributed by atoms with Gasteiger partial charge in [0.1, 0.15) is 12.4 Å². The van der Waals surface area contributed by atoms with Gasteiger partial charge >= 0.3 is 5.97 Å². The lowest BCUT2D eigenvalue weighted by atomic mass is 10.1. The molecule has 3 aromatic rings. The molecule has 27 heavy (non-hydrogen) atoms. The quantitative estimate of drug-likeness (QED) is 0.421. The zero-order valence-electron chi connectivity index (χ0n) is 14.3. The van der Waals surface area contributed by atoms with Crippen LogP contribution in [-0.2, 0) is 33.9 Å². The first kappa shape index (κ1) is 17.0. The maximum atomic E-state index is 12.3. The summed E-state index contributed by atoms with van der Waals surface area (Å²) in [5, 5.41) is 12.1. The highest BCUT2D eigenvalue weighted by molar-refractivity contribution is 5.87. The van der Waals surface area contributed by atoms with Crippen LogP contribution in [0.4, 0.5) is 5.69 Å². The van der Waals surface area contributed by atoms with Gasteiger partial charge in [-0.1, -0.05) is 18.2 Å². The number of nitro benzene ring substituents is 1. The molecule has 0 saturated carbocycles. The van der Waals surface area contributed by atoms with Crippen molar-refractivity contribution in [2.75, 3.05) is 6.79 Å². The molecular weight excluding hydrogens is 352 g/mol. The zero-order chi connectivity index (χ0) is 18.8. The van der Waals surface area contributed by atoms with Gasteiger partial charge < -0.3 is 19.2 Å². The van der Waals surface area contributed by atoms with Crippen LogP contribution in [0.15, 0.2) is 42.6 Å². The number of non-ortho nitro benzene ring substituents is 1. The Bertz CT molecular complexity index is 1030. The Labute approximate surface area is 153 Å². The molecule has 0 amide bonds. The van der Waals surface area contributed by atoms with Crippen molar-refractivity contribution in [1.82, 2.24) is 4.98 Å². The fraction of sp³-hybridized carbons (Fsp3) is 0.211. The van der Waals surface area contributed by atoms with E-state index in [2.05, 4.69) is 4.98 Å². The van der Waals surface area contributed by atoms with Crippen LogP contribution in [-0.4, -0.2) is 22.7 Å². The minimum absolute atomic E-state index is 0.0566. The molecule has 0 saturated heterocycles. The molecule has 138 valence electrons. The molecule has 8 heteroatoms. The first-order valence-electron chi connectivity index (χ1n) is 8.33. The van der Waals surface area contributed by atoms with Gasteiger partial charge in [-0.05, 0) is 11.6 Å². The smallest absolute Gasteiger partial charge is 0.310 e. The van der Waals surface area contributed by atoms with Gasteiger partial charge in [0.15, 0.2) is 6.79 Å². The predicted octanol–water partition coefficient (Wildman–Crippen LogP) is 3.23. The molecule has 0 aliphatic carbocycles. The van der Waals surface area contributed by atoms with Gasteiger partial charge in [-0.3, -0.25) is 14.9 Å². The number of benzene rings is 2. The van der Waals surface area contributed by atoms with Crippen molar-refractivity contribution in [3.63, 3.8) is 0 Å². The molecule has 8 nitrogen and oxygen atoms in total. The second-order valence-electron chi connectivity index (χ2n) is 6.16. The zero-order valence-corrected chi connectivity index (χ0v) is 14.3. The number of ether oxygens (including phenoxy) is 3. The van der Waals surface area contributed by atoms with E-state index in [1.165, 1.54) is 12.1 Å². The summed E-state index contributed by atoms with van der Waals surface area (Å²) in [6.07, 6.45) is 1.88. The third-order valence-corrected chi connectivity index (χ3v) is 4.38. The standard InChI is InChI=1S/C19H16N2O6/c22-18(7-12-8-20-17-4-2-1-3-16(12)17)26-10-14-6-15(21(23)24)5-13-9-25-11-27-19(13)14/h1-6,8,20H,7,9-11H2. The molecule has 1 aliphatic rings. The molecular formula is C19H16N2O6. The Morgan fingerprint density at radius 2 is 2.11 bits per heavy atom. The summed E-state index contributed by atoms with van der Waals surface area (Å²) in [4.78, 5) is 26.0. The number of aromatic amines is 1. The summed E-state index contributed by atoms with van der Waals surface area (Å²) in [5.41, 5.74) is 2.71. The van der Waals surface area contributed by atoms with Crippen molar-refractivity contribution < 1.29 is 23.9 Å². The Balaban J connectivity index is 1.50. The number of hydrogen-bond donors (Lipinski definition) is 1. The fourth-order valence-corrected chi connectivity index (χ4v) is 3.14. The van der Waals surface area contributed by atoms with Gasteiger partial charge in [0, 0.05) is 40.4 Å². The highest BCUT2D eigenvalue weighted by Crippen LogP contribution is 2.33. The van der Waals surface area contributed by atoms with E-state index in [-0.39, 0.29) is 32.1 Å². The third kappa shape index (κ3) is 3.47. The number of nitrogens with zero attached hydrogens (tertiary/aromatic N) is 1. The van der Waals surface area contributed by atoms with Crippen molar-refractivity contribution in [1.29, 1.82) is 0 Å². The van der Waals surface area contributed by atoms with E-state index < -0.39 is 10.9 Å². The normalized spacial score (nSPS) is 13.0. The number of fused-ring (bicyclic) bond motifs is 2. The first-order chi connectivity index (χ1) is 13.1. The monoisotopic (exact) mass is 368 g/mol. The summed E-state index contributed by atoms with van der Waals surface area (Å²) in [7, 11) is 0. The molecule has 1 aliphatic heterocycles. The minimum Gasteiger partial charge on any atom is -0.467 e. The largest absolute Gasteiger partial charge is 0.467 e. The summed E-state index contributed by atoms with van der Waals surface area (Å²) in [5.74, 6) is 0.0545. The molecule has 4 rings (SSSR count). The van der Waals surface area contributed by atoms with Crippen molar-refractivity contribution in [3.05, 3.63) is 69.4 Å². The minimum atomic E-state index is -0.494. The SMILES string of the molecule is O=C(Cc1c[nH]c2ccccc12)OCc1cc([N+](=O)[O-])cc2c1OCOC2. The summed E-state index contributed by atoms with van der Waals surface area (Å²) < 4.78 is 16.0. The van der Waals surface area contributed by atoms with Gasteiger partial charge in [-0.15, -0.1) is 0 Å². The number of H-pyrrole nitrogens is 1. The second-order valence-corrected chi connectivity index (χ2v) is 6.16. The van der Waals surface area contributed by atoms with Gasteiger partial charge in [0.05, 0.1) is 18.0 Å². The number of para-hydroxylation sites is 1. The lowest BCUT2D eigenvalue weighted by molar-refractivity contribution is -0.385. The summed E-state index contributed by atoms with van der Waals surface area (Å²) >= 11 is 0. The van der Waals surface area contributed by atoms with E-state index >= 15 is 0 Å². The van der Waals surface area contributed by atoms with Crippen molar-refractivity contribution in [2.24, 2.45) is 0 Å². The van der Waals surface area contributed by atoms with Gasteiger partial charge in [0.25, 0.3) is 5.69 Å². The molecule has 0 unspecified atom stereocenters. The molecule has 1 N–H and O–H groups in total. The molecule has 2 heterocycles. The lowest BCUT2D eigenvalue weighted by Gasteiger charge is -2.20. The van der Waals surface area contributed by atoms with Crippen LogP contribution in [0.1, 0.15) is 16.7 Å². The van der Waals surface area contributed by atoms with Gasteiger partial charge in [0.2, 0.25) is 0 Å². The van der Waals surface area contributed by atoms with Crippen LogP contribution < -0.4 is 4.74 Å². The van der Waals surface area contributed by atoms with Gasteiger partial charge in [-0.25, -0.2) is 0 Å². The number of aromatic nitrogens is 1. The Morgan fingerprint density at radius 3 is 2.96 bits per heavy atom. The third-order valence-electron chi connectivity index (χ3n) is 4.38. The first-order valence-corrected chi connectivity index (χ1v) is 8.33. The van der Waals surface area contributed by atoms with E-state index in [0.717, 1.165) is 16.5 Å². The molecule has 0 fully saturated rings. The van der Waals surface area contributed by atoms with Crippen molar-refractivity contribution in [3.8, 4) is 5.75 Å². The molecule has 0 atom stereocenters. The Morgan fingerprint density at radius 1 is 1.26 bits per heavy atom. The molecule has 0 spiro atoms. The van der Waals surface area contributed by atoms with Crippen LogP contribution in [0.2, 0.25) is 0 Å². The van der Waals surface area contributed by atoms with E-state index in [1.54, 1.807) is 6.20 Å².